The largest absolute Gasteiger partial charge is 0.433 e. The van der Waals surface area contributed by atoms with Gasteiger partial charge in [0.25, 0.3) is 0 Å². The summed E-state index contributed by atoms with van der Waals surface area (Å²) in [7, 11) is 0. The van der Waals surface area contributed by atoms with Gasteiger partial charge in [-0.25, -0.2) is 9.97 Å². The van der Waals surface area contributed by atoms with Crippen LogP contribution in [0.3, 0.4) is 0 Å². The van der Waals surface area contributed by atoms with Gasteiger partial charge < -0.3 is 10.2 Å². The van der Waals surface area contributed by atoms with Crippen molar-refractivity contribution in [2.75, 3.05) is 18.0 Å². The van der Waals surface area contributed by atoms with Crippen molar-refractivity contribution in [3.63, 3.8) is 0 Å². The first-order valence-electron chi connectivity index (χ1n) is 5.88. The fourth-order valence-corrected chi connectivity index (χ4v) is 2.02. The number of carbonyl (C=O) groups excluding carboxylic acids is 1. The molecule has 1 aromatic rings. The van der Waals surface area contributed by atoms with Crippen LogP contribution in [-0.2, 0) is 11.0 Å². The number of nitrogens with zero attached hydrogens (tertiary/aromatic N) is 3. The highest BCUT2D eigenvalue weighted by Crippen LogP contribution is 2.28. The lowest BCUT2D eigenvalue weighted by Crippen LogP contribution is -2.41. The number of nitrogens with one attached hydrogen (secondary N) is 1. The van der Waals surface area contributed by atoms with Gasteiger partial charge in [-0.15, -0.1) is 0 Å². The van der Waals surface area contributed by atoms with E-state index in [4.69, 9.17) is 0 Å². The summed E-state index contributed by atoms with van der Waals surface area (Å²) in [5.41, 5.74) is -1.01. The van der Waals surface area contributed by atoms with Crippen LogP contribution in [0, 0.1) is 0 Å². The summed E-state index contributed by atoms with van der Waals surface area (Å²) in [6.45, 7) is 2.62. The molecule has 0 aliphatic carbocycles. The molecule has 1 aliphatic rings. The quantitative estimate of drug-likeness (QED) is 0.900. The third-order valence-electron chi connectivity index (χ3n) is 2.93. The van der Waals surface area contributed by atoms with Gasteiger partial charge >= 0.3 is 6.18 Å². The lowest BCUT2D eigenvalue weighted by Gasteiger charge is -2.25. The van der Waals surface area contributed by atoms with E-state index in [1.165, 1.54) is 4.90 Å². The van der Waals surface area contributed by atoms with Crippen LogP contribution < -0.4 is 10.2 Å². The molecule has 2 rings (SSSR count). The highest BCUT2D eigenvalue weighted by molar-refractivity contribution is 5.86. The van der Waals surface area contributed by atoms with Crippen LogP contribution in [0.1, 0.15) is 19.0 Å². The number of hydrogen-bond donors (Lipinski definition) is 1. The smallest absolute Gasteiger partial charge is 0.354 e. The summed E-state index contributed by atoms with van der Waals surface area (Å²) in [6, 6.07) is 0.306. The van der Waals surface area contributed by atoms with Crippen LogP contribution in [0.2, 0.25) is 0 Å². The fourth-order valence-electron chi connectivity index (χ4n) is 2.02. The van der Waals surface area contributed by atoms with Crippen LogP contribution in [0.4, 0.5) is 19.1 Å². The van der Waals surface area contributed by atoms with Crippen molar-refractivity contribution in [2.24, 2.45) is 0 Å². The minimum atomic E-state index is -4.52. The van der Waals surface area contributed by atoms with Crippen molar-refractivity contribution < 1.29 is 18.0 Å². The van der Waals surface area contributed by atoms with Crippen molar-refractivity contribution in [1.29, 1.82) is 0 Å². The lowest BCUT2D eigenvalue weighted by atomic mass is 10.2. The molecule has 0 aromatic carbocycles. The molecule has 2 heterocycles. The average molecular weight is 274 g/mol. The fraction of sp³-hybridized carbons (Fsp3) is 0.545. The Morgan fingerprint density at radius 2 is 2.26 bits per heavy atom. The number of alkyl halides is 3. The summed E-state index contributed by atoms with van der Waals surface area (Å²) >= 11 is 0. The Balaban J connectivity index is 2.31. The van der Waals surface area contributed by atoms with Gasteiger partial charge in [-0.3, -0.25) is 4.79 Å². The Hall–Kier alpha value is -1.86. The number of aromatic nitrogens is 2. The average Bonchev–Trinajstić information content (AvgIpc) is 2.76. The Bertz CT molecular complexity index is 477. The standard InChI is InChI=1S/C11H13F3N4O/c1-2-18(7-3-5-15-9(7)19)10-16-6-4-8(17-10)11(12,13)14/h4,6-7H,2-3,5H2,1H3,(H,15,19). The maximum Gasteiger partial charge on any atom is 0.433 e. The molecule has 1 N–H and O–H groups in total. The van der Waals surface area contributed by atoms with Gasteiger partial charge in [0, 0.05) is 19.3 Å². The predicted octanol–water partition coefficient (Wildman–Crippen LogP) is 1.21. The van der Waals surface area contributed by atoms with E-state index in [0.29, 0.717) is 19.5 Å². The molecule has 1 aromatic heterocycles. The summed E-state index contributed by atoms with van der Waals surface area (Å²) in [4.78, 5) is 20.4. The molecule has 1 amide bonds. The second-order valence-electron chi connectivity index (χ2n) is 4.12. The molecule has 0 saturated carbocycles. The van der Waals surface area contributed by atoms with Crippen LogP contribution in [0.25, 0.3) is 0 Å². The van der Waals surface area contributed by atoms with Crippen LogP contribution in [0.15, 0.2) is 12.3 Å². The molecule has 1 fully saturated rings. The van der Waals surface area contributed by atoms with E-state index < -0.39 is 17.9 Å². The van der Waals surface area contributed by atoms with Gasteiger partial charge in [0.05, 0.1) is 0 Å². The topological polar surface area (TPSA) is 58.1 Å². The Morgan fingerprint density at radius 1 is 1.53 bits per heavy atom. The molecule has 1 atom stereocenters. The van der Waals surface area contributed by atoms with E-state index in [1.54, 1.807) is 6.92 Å². The first-order chi connectivity index (χ1) is 8.93. The second-order valence-corrected chi connectivity index (χ2v) is 4.12. The number of carbonyl (C=O) groups is 1. The summed E-state index contributed by atoms with van der Waals surface area (Å²) in [5.74, 6) is -0.276. The van der Waals surface area contributed by atoms with Crippen molar-refractivity contribution in [3.05, 3.63) is 18.0 Å². The lowest BCUT2D eigenvalue weighted by molar-refractivity contribution is -0.141. The van der Waals surface area contributed by atoms with Crippen molar-refractivity contribution in [3.8, 4) is 0 Å². The Kier molecular flexibility index (Phi) is 3.59. The predicted molar refractivity (Wildman–Crippen MR) is 61.5 cm³/mol. The molecule has 1 unspecified atom stereocenters. The number of halogens is 3. The van der Waals surface area contributed by atoms with E-state index in [-0.39, 0.29) is 11.9 Å². The van der Waals surface area contributed by atoms with Crippen LogP contribution in [0.5, 0.6) is 0 Å². The monoisotopic (exact) mass is 274 g/mol. The molecule has 1 saturated heterocycles. The van der Waals surface area contributed by atoms with Gasteiger partial charge in [-0.1, -0.05) is 0 Å². The van der Waals surface area contributed by atoms with E-state index in [0.717, 1.165) is 12.3 Å². The SMILES string of the molecule is CCN(c1nccc(C(F)(F)F)n1)C1CCNC1=O. The molecule has 5 nitrogen and oxygen atoms in total. The normalized spacial score (nSPS) is 19.4. The van der Waals surface area contributed by atoms with Gasteiger partial charge in [0.2, 0.25) is 11.9 Å². The molecular formula is C11H13F3N4O. The summed E-state index contributed by atoms with van der Waals surface area (Å²) in [6.07, 6.45) is -2.93. The molecule has 0 spiro atoms. The van der Waals surface area contributed by atoms with Crippen molar-refractivity contribution >= 4 is 11.9 Å². The summed E-state index contributed by atoms with van der Waals surface area (Å²) < 4.78 is 37.8. The first-order valence-corrected chi connectivity index (χ1v) is 5.88. The highest BCUT2D eigenvalue weighted by atomic mass is 19.4. The third-order valence-corrected chi connectivity index (χ3v) is 2.93. The zero-order valence-corrected chi connectivity index (χ0v) is 10.2. The first kappa shape index (κ1) is 13.6. The number of likely N-dealkylation sites (N-methyl/N-ethyl adjacent to an activating group) is 1. The van der Waals surface area contributed by atoms with Crippen molar-refractivity contribution in [2.45, 2.75) is 25.6 Å². The number of amides is 1. The van der Waals surface area contributed by atoms with E-state index in [9.17, 15) is 18.0 Å². The minimum Gasteiger partial charge on any atom is -0.354 e. The maximum atomic E-state index is 12.6. The highest BCUT2D eigenvalue weighted by Gasteiger charge is 2.35. The van der Waals surface area contributed by atoms with E-state index in [1.807, 2.05) is 0 Å². The van der Waals surface area contributed by atoms with E-state index >= 15 is 0 Å². The Morgan fingerprint density at radius 3 is 2.79 bits per heavy atom. The molecule has 8 heteroatoms. The Labute approximate surface area is 107 Å². The number of hydrogen-bond acceptors (Lipinski definition) is 4. The molecular weight excluding hydrogens is 261 g/mol. The second kappa shape index (κ2) is 5.02. The molecule has 19 heavy (non-hydrogen) atoms. The molecule has 1 aliphatic heterocycles. The molecule has 0 radical (unpaired) electrons. The minimum absolute atomic E-state index is 0.0700. The van der Waals surface area contributed by atoms with Gasteiger partial charge in [-0.05, 0) is 19.4 Å². The molecule has 104 valence electrons. The van der Waals surface area contributed by atoms with Gasteiger partial charge in [-0.2, -0.15) is 13.2 Å². The zero-order chi connectivity index (χ0) is 14.0. The zero-order valence-electron chi connectivity index (χ0n) is 10.2. The van der Waals surface area contributed by atoms with Crippen LogP contribution in [-0.4, -0.2) is 35.0 Å². The van der Waals surface area contributed by atoms with Crippen LogP contribution >= 0.6 is 0 Å². The van der Waals surface area contributed by atoms with Gasteiger partial charge in [0.15, 0.2) is 0 Å². The van der Waals surface area contributed by atoms with Gasteiger partial charge in [0.1, 0.15) is 11.7 Å². The number of rotatable bonds is 3. The van der Waals surface area contributed by atoms with Crippen molar-refractivity contribution in [1.82, 2.24) is 15.3 Å². The maximum absolute atomic E-state index is 12.6. The molecule has 0 bridgehead atoms. The number of anilines is 1. The summed E-state index contributed by atoms with van der Waals surface area (Å²) in [5, 5.41) is 2.64. The third kappa shape index (κ3) is 2.77. The van der Waals surface area contributed by atoms with E-state index in [2.05, 4.69) is 15.3 Å².